The Morgan fingerprint density at radius 3 is 2.33 bits per heavy atom. The summed E-state index contributed by atoms with van der Waals surface area (Å²) in [5.74, 6) is 1.60. The smallest absolute Gasteiger partial charge is 0.179 e. The molecule has 1 atom stereocenters. The number of aliphatic hydroxyl groups excluding tert-OH is 1. The van der Waals surface area contributed by atoms with Crippen molar-refractivity contribution in [3.8, 4) is 11.5 Å². The highest BCUT2D eigenvalue weighted by molar-refractivity contribution is 6.33. The van der Waals surface area contributed by atoms with Crippen molar-refractivity contribution in [1.82, 2.24) is 0 Å². The molecule has 4 heteroatoms. The van der Waals surface area contributed by atoms with Gasteiger partial charge in [-0.3, -0.25) is 0 Å². The van der Waals surface area contributed by atoms with Gasteiger partial charge in [0.15, 0.2) is 11.5 Å². The first-order valence-electron chi connectivity index (χ1n) is 6.09. The van der Waals surface area contributed by atoms with Gasteiger partial charge in [-0.25, -0.2) is 0 Å². The monoisotopic (exact) mass is 272 g/mol. The van der Waals surface area contributed by atoms with E-state index in [2.05, 4.69) is 13.8 Å². The van der Waals surface area contributed by atoms with Crippen LogP contribution in [-0.2, 0) is 0 Å². The summed E-state index contributed by atoms with van der Waals surface area (Å²) >= 11 is 6.24. The lowest BCUT2D eigenvalue weighted by atomic mass is 9.99. The molecule has 0 aliphatic heterocycles. The molecule has 0 spiro atoms. The Labute approximate surface area is 114 Å². The van der Waals surface area contributed by atoms with E-state index in [0.29, 0.717) is 34.4 Å². The molecule has 0 aromatic heterocycles. The molecule has 3 nitrogen and oxygen atoms in total. The first-order chi connectivity index (χ1) is 8.51. The van der Waals surface area contributed by atoms with Gasteiger partial charge < -0.3 is 14.6 Å². The van der Waals surface area contributed by atoms with Gasteiger partial charge in [-0.05, 0) is 24.8 Å². The Kier molecular flexibility index (Phi) is 5.76. The largest absolute Gasteiger partial charge is 0.493 e. The van der Waals surface area contributed by atoms with Gasteiger partial charge in [-0.2, -0.15) is 0 Å². The van der Waals surface area contributed by atoms with Crippen LogP contribution in [0.5, 0.6) is 11.5 Å². The third-order valence-corrected chi connectivity index (χ3v) is 3.28. The van der Waals surface area contributed by atoms with Crippen LogP contribution in [-0.4, -0.2) is 19.3 Å². The molecular weight excluding hydrogens is 252 g/mol. The normalized spacial score (nSPS) is 12.6. The second kappa shape index (κ2) is 6.86. The fourth-order valence-electron chi connectivity index (χ4n) is 1.81. The summed E-state index contributed by atoms with van der Waals surface area (Å²) in [6, 6.07) is 3.55. The van der Waals surface area contributed by atoms with Crippen LogP contribution in [0.25, 0.3) is 0 Å². The van der Waals surface area contributed by atoms with Crippen molar-refractivity contribution >= 4 is 11.6 Å². The summed E-state index contributed by atoms with van der Waals surface area (Å²) in [4.78, 5) is 0. The average molecular weight is 273 g/mol. The number of benzene rings is 1. The van der Waals surface area contributed by atoms with Crippen LogP contribution >= 0.6 is 11.6 Å². The lowest BCUT2D eigenvalue weighted by Crippen LogP contribution is -2.02. The highest BCUT2D eigenvalue weighted by Crippen LogP contribution is 2.40. The second-order valence-electron chi connectivity index (χ2n) is 4.69. The summed E-state index contributed by atoms with van der Waals surface area (Å²) in [5.41, 5.74) is 0.690. The lowest BCUT2D eigenvalue weighted by molar-refractivity contribution is 0.159. The minimum absolute atomic E-state index is 0.424. The van der Waals surface area contributed by atoms with Crippen LogP contribution in [0.2, 0.25) is 5.02 Å². The molecule has 0 heterocycles. The molecule has 0 fully saturated rings. The zero-order chi connectivity index (χ0) is 13.7. The topological polar surface area (TPSA) is 38.7 Å². The van der Waals surface area contributed by atoms with Crippen molar-refractivity contribution < 1.29 is 14.6 Å². The molecule has 1 aromatic carbocycles. The highest BCUT2D eigenvalue weighted by Gasteiger charge is 2.18. The molecular formula is C14H21ClO3. The zero-order valence-electron chi connectivity index (χ0n) is 11.4. The lowest BCUT2D eigenvalue weighted by Gasteiger charge is -2.17. The van der Waals surface area contributed by atoms with Crippen molar-refractivity contribution in [2.45, 2.75) is 32.8 Å². The summed E-state index contributed by atoms with van der Waals surface area (Å²) in [6.07, 6.45) is 1.07. The van der Waals surface area contributed by atoms with E-state index in [1.807, 2.05) is 0 Å². The van der Waals surface area contributed by atoms with Crippen LogP contribution in [0.1, 0.15) is 38.4 Å². The molecule has 0 aliphatic carbocycles. The van der Waals surface area contributed by atoms with Crippen molar-refractivity contribution in [2.24, 2.45) is 5.92 Å². The van der Waals surface area contributed by atoms with E-state index in [1.165, 1.54) is 7.11 Å². The SMILES string of the molecule is COc1ccc(C(O)CCC(C)C)c(Cl)c1OC. The molecule has 1 N–H and O–H groups in total. The van der Waals surface area contributed by atoms with Crippen LogP contribution < -0.4 is 9.47 Å². The van der Waals surface area contributed by atoms with Gasteiger partial charge >= 0.3 is 0 Å². The minimum Gasteiger partial charge on any atom is -0.493 e. The third kappa shape index (κ3) is 3.53. The highest BCUT2D eigenvalue weighted by atomic mass is 35.5. The van der Waals surface area contributed by atoms with Crippen LogP contribution in [0.15, 0.2) is 12.1 Å². The standard InChI is InChI=1S/C14H21ClO3/c1-9(2)5-7-11(16)10-6-8-12(17-3)14(18-4)13(10)15/h6,8-9,11,16H,5,7H2,1-4H3. The zero-order valence-corrected chi connectivity index (χ0v) is 12.1. The molecule has 1 aromatic rings. The summed E-state index contributed by atoms with van der Waals surface area (Å²) in [5, 5.41) is 10.6. The molecule has 18 heavy (non-hydrogen) atoms. The fourth-order valence-corrected chi connectivity index (χ4v) is 2.17. The van der Waals surface area contributed by atoms with E-state index in [4.69, 9.17) is 21.1 Å². The van der Waals surface area contributed by atoms with Crippen molar-refractivity contribution in [3.05, 3.63) is 22.7 Å². The Morgan fingerprint density at radius 1 is 1.17 bits per heavy atom. The molecule has 1 rings (SSSR count). The van der Waals surface area contributed by atoms with Crippen molar-refractivity contribution in [1.29, 1.82) is 0 Å². The number of aliphatic hydroxyl groups is 1. The number of hydrogen-bond donors (Lipinski definition) is 1. The Morgan fingerprint density at radius 2 is 1.83 bits per heavy atom. The van der Waals surface area contributed by atoms with Gasteiger partial charge in [0.2, 0.25) is 0 Å². The molecule has 1 unspecified atom stereocenters. The maximum atomic E-state index is 10.2. The van der Waals surface area contributed by atoms with Crippen molar-refractivity contribution in [2.75, 3.05) is 14.2 Å². The molecule has 0 saturated heterocycles. The first kappa shape index (κ1) is 15.1. The van der Waals surface area contributed by atoms with E-state index >= 15 is 0 Å². The Hall–Kier alpha value is -0.930. The minimum atomic E-state index is -0.570. The van der Waals surface area contributed by atoms with Gasteiger partial charge in [-0.15, -0.1) is 0 Å². The van der Waals surface area contributed by atoms with Crippen molar-refractivity contribution in [3.63, 3.8) is 0 Å². The van der Waals surface area contributed by atoms with Gasteiger partial charge in [0.1, 0.15) is 0 Å². The van der Waals surface area contributed by atoms with Gasteiger partial charge in [0.25, 0.3) is 0 Å². The number of halogens is 1. The van der Waals surface area contributed by atoms with Gasteiger partial charge in [0.05, 0.1) is 25.3 Å². The summed E-state index contributed by atoms with van der Waals surface area (Å²) in [7, 11) is 3.09. The van der Waals surface area contributed by atoms with E-state index < -0.39 is 6.10 Å². The molecule has 0 amide bonds. The van der Waals surface area contributed by atoms with Crippen LogP contribution in [0, 0.1) is 5.92 Å². The van der Waals surface area contributed by atoms with Gasteiger partial charge in [-0.1, -0.05) is 31.5 Å². The molecule has 0 aliphatic rings. The van der Waals surface area contributed by atoms with E-state index in [1.54, 1.807) is 19.2 Å². The maximum absolute atomic E-state index is 10.2. The predicted molar refractivity (Wildman–Crippen MR) is 73.6 cm³/mol. The van der Waals surface area contributed by atoms with Crippen LogP contribution in [0.3, 0.4) is 0 Å². The fraction of sp³-hybridized carbons (Fsp3) is 0.571. The number of rotatable bonds is 6. The van der Waals surface area contributed by atoms with Crippen LogP contribution in [0.4, 0.5) is 0 Å². The molecule has 102 valence electrons. The second-order valence-corrected chi connectivity index (χ2v) is 5.07. The van der Waals surface area contributed by atoms with E-state index in [-0.39, 0.29) is 0 Å². The first-order valence-corrected chi connectivity index (χ1v) is 6.47. The van der Waals surface area contributed by atoms with E-state index in [9.17, 15) is 5.11 Å². The molecule has 0 bridgehead atoms. The third-order valence-electron chi connectivity index (χ3n) is 2.89. The van der Waals surface area contributed by atoms with E-state index in [0.717, 1.165) is 6.42 Å². The maximum Gasteiger partial charge on any atom is 0.179 e. The number of methoxy groups -OCH3 is 2. The quantitative estimate of drug-likeness (QED) is 0.855. The Bertz CT molecular complexity index is 391. The Balaban J connectivity index is 2.96. The van der Waals surface area contributed by atoms with Gasteiger partial charge in [0, 0.05) is 5.56 Å². The molecule has 0 saturated carbocycles. The summed E-state index contributed by atoms with van der Waals surface area (Å²) in [6.45, 7) is 4.26. The number of ether oxygens (including phenoxy) is 2. The average Bonchev–Trinajstić information content (AvgIpc) is 2.35. The molecule has 0 radical (unpaired) electrons. The summed E-state index contributed by atoms with van der Waals surface area (Å²) < 4.78 is 10.4. The number of hydrogen-bond acceptors (Lipinski definition) is 3. The predicted octanol–water partition coefficient (Wildman–Crippen LogP) is 3.83.